The van der Waals surface area contributed by atoms with Gasteiger partial charge in [-0.15, -0.1) is 0 Å². The standard InChI is InChI=1S/C12H23F3N2/c1-10(2,3)17-7-9(6-11(17,4)5)16-8-12(13,14)15/h9,16H,6-8H2,1-5H3/t9-/m0/s1. The van der Waals surface area contributed by atoms with Crippen LogP contribution >= 0.6 is 0 Å². The molecule has 0 aromatic carbocycles. The van der Waals surface area contributed by atoms with Gasteiger partial charge >= 0.3 is 6.18 Å². The van der Waals surface area contributed by atoms with Gasteiger partial charge in [0.15, 0.2) is 0 Å². The maximum absolute atomic E-state index is 12.2. The molecule has 5 heteroatoms. The predicted molar refractivity (Wildman–Crippen MR) is 63.0 cm³/mol. The van der Waals surface area contributed by atoms with Gasteiger partial charge in [0.25, 0.3) is 0 Å². The van der Waals surface area contributed by atoms with E-state index in [0.29, 0.717) is 6.54 Å². The highest BCUT2D eigenvalue weighted by Crippen LogP contribution is 2.35. The van der Waals surface area contributed by atoms with Gasteiger partial charge in [0.05, 0.1) is 6.54 Å². The van der Waals surface area contributed by atoms with Crippen LogP contribution in [-0.2, 0) is 0 Å². The Labute approximate surface area is 102 Å². The zero-order valence-electron chi connectivity index (χ0n) is 11.3. The molecule has 1 rings (SSSR count). The first-order chi connectivity index (χ1) is 7.42. The fourth-order valence-electron chi connectivity index (χ4n) is 2.82. The maximum atomic E-state index is 12.2. The van der Waals surface area contributed by atoms with Crippen molar-refractivity contribution in [2.45, 2.75) is 64.3 Å². The Balaban J connectivity index is 2.60. The van der Waals surface area contributed by atoms with E-state index in [1.807, 2.05) is 0 Å². The molecule has 0 saturated carbocycles. The molecule has 1 N–H and O–H groups in total. The first kappa shape index (κ1) is 14.8. The molecule has 1 saturated heterocycles. The van der Waals surface area contributed by atoms with Crippen molar-refractivity contribution >= 4 is 0 Å². The second kappa shape index (κ2) is 4.43. The second-order valence-corrected chi connectivity index (χ2v) is 6.49. The van der Waals surface area contributed by atoms with Crippen LogP contribution in [0.1, 0.15) is 41.0 Å². The number of alkyl halides is 3. The average Bonchev–Trinajstić information content (AvgIpc) is 2.35. The van der Waals surface area contributed by atoms with Crippen LogP contribution in [0.25, 0.3) is 0 Å². The van der Waals surface area contributed by atoms with Gasteiger partial charge in [0, 0.05) is 23.7 Å². The number of halogens is 3. The van der Waals surface area contributed by atoms with Crippen LogP contribution in [0.4, 0.5) is 13.2 Å². The summed E-state index contributed by atoms with van der Waals surface area (Å²) >= 11 is 0. The zero-order chi connectivity index (χ0) is 13.5. The van der Waals surface area contributed by atoms with E-state index in [9.17, 15) is 13.2 Å². The minimum Gasteiger partial charge on any atom is -0.305 e. The van der Waals surface area contributed by atoms with Gasteiger partial charge in [-0.25, -0.2) is 0 Å². The number of nitrogens with one attached hydrogen (secondary N) is 1. The van der Waals surface area contributed by atoms with Crippen molar-refractivity contribution in [3.05, 3.63) is 0 Å². The van der Waals surface area contributed by atoms with Crippen LogP contribution in [0.5, 0.6) is 0 Å². The molecule has 17 heavy (non-hydrogen) atoms. The molecule has 1 fully saturated rings. The summed E-state index contributed by atoms with van der Waals surface area (Å²) in [5, 5.41) is 2.61. The Hall–Kier alpha value is -0.290. The van der Waals surface area contributed by atoms with Crippen molar-refractivity contribution in [1.82, 2.24) is 10.2 Å². The van der Waals surface area contributed by atoms with Crippen molar-refractivity contribution in [3.63, 3.8) is 0 Å². The fourth-order valence-corrected chi connectivity index (χ4v) is 2.82. The minimum atomic E-state index is -4.13. The molecule has 1 heterocycles. The minimum absolute atomic E-state index is 0.0157. The van der Waals surface area contributed by atoms with Gasteiger partial charge in [-0.1, -0.05) is 0 Å². The SMILES string of the molecule is CC(C)(C)N1C[C@@H](NCC(F)(F)F)CC1(C)C. The van der Waals surface area contributed by atoms with Crippen molar-refractivity contribution in [2.24, 2.45) is 0 Å². The van der Waals surface area contributed by atoms with Crippen LogP contribution in [0, 0.1) is 0 Å². The topological polar surface area (TPSA) is 15.3 Å². The lowest BCUT2D eigenvalue weighted by molar-refractivity contribution is -0.126. The highest BCUT2D eigenvalue weighted by atomic mass is 19.4. The van der Waals surface area contributed by atoms with E-state index in [-0.39, 0.29) is 17.1 Å². The summed E-state index contributed by atoms with van der Waals surface area (Å²) in [5.74, 6) is 0. The lowest BCUT2D eigenvalue weighted by Gasteiger charge is -2.42. The molecule has 0 aromatic rings. The summed E-state index contributed by atoms with van der Waals surface area (Å²) in [7, 11) is 0. The number of nitrogens with zero attached hydrogens (tertiary/aromatic N) is 1. The molecule has 1 aliphatic rings. The lowest BCUT2D eigenvalue weighted by Crippen LogP contribution is -2.50. The quantitative estimate of drug-likeness (QED) is 0.813. The molecule has 0 radical (unpaired) electrons. The fraction of sp³-hybridized carbons (Fsp3) is 1.00. The smallest absolute Gasteiger partial charge is 0.305 e. The number of rotatable bonds is 2. The normalized spacial score (nSPS) is 26.5. The molecule has 102 valence electrons. The molecule has 0 amide bonds. The molecule has 0 bridgehead atoms. The number of likely N-dealkylation sites (tertiary alicyclic amines) is 1. The largest absolute Gasteiger partial charge is 0.401 e. The van der Waals surface area contributed by atoms with Crippen LogP contribution < -0.4 is 5.32 Å². The summed E-state index contributed by atoms with van der Waals surface area (Å²) in [6, 6.07) is -0.0779. The molecule has 0 unspecified atom stereocenters. The van der Waals surface area contributed by atoms with Crippen molar-refractivity contribution in [3.8, 4) is 0 Å². The van der Waals surface area contributed by atoms with E-state index < -0.39 is 12.7 Å². The summed E-state index contributed by atoms with van der Waals surface area (Å²) in [4.78, 5) is 2.27. The molecule has 0 aromatic heterocycles. The van der Waals surface area contributed by atoms with Gasteiger partial charge in [-0.05, 0) is 41.0 Å². The molecule has 2 nitrogen and oxygen atoms in total. The van der Waals surface area contributed by atoms with E-state index in [1.165, 1.54) is 0 Å². The van der Waals surface area contributed by atoms with E-state index in [1.54, 1.807) is 0 Å². The van der Waals surface area contributed by atoms with Gasteiger partial charge in [-0.2, -0.15) is 13.2 Å². The Bertz CT molecular complexity index is 266. The lowest BCUT2D eigenvalue weighted by atomic mass is 9.95. The van der Waals surface area contributed by atoms with Crippen molar-refractivity contribution in [1.29, 1.82) is 0 Å². The summed E-state index contributed by atoms with van der Waals surface area (Å²) in [6.07, 6.45) is -3.38. The Morgan fingerprint density at radius 2 is 1.76 bits per heavy atom. The van der Waals surface area contributed by atoms with Crippen LogP contribution in [-0.4, -0.2) is 41.3 Å². The first-order valence-corrected chi connectivity index (χ1v) is 6.00. The third kappa shape index (κ3) is 4.14. The predicted octanol–water partition coefficient (Wildman–Crippen LogP) is 2.79. The monoisotopic (exact) mass is 252 g/mol. The Morgan fingerprint density at radius 1 is 1.24 bits per heavy atom. The van der Waals surface area contributed by atoms with Crippen molar-refractivity contribution < 1.29 is 13.2 Å². The molecule has 1 aliphatic heterocycles. The first-order valence-electron chi connectivity index (χ1n) is 6.00. The van der Waals surface area contributed by atoms with Crippen LogP contribution in [0.3, 0.4) is 0 Å². The molecular formula is C12H23F3N2. The third-order valence-corrected chi connectivity index (χ3v) is 3.28. The van der Waals surface area contributed by atoms with Crippen molar-refractivity contribution in [2.75, 3.05) is 13.1 Å². The zero-order valence-corrected chi connectivity index (χ0v) is 11.3. The van der Waals surface area contributed by atoms with E-state index in [2.05, 4.69) is 44.8 Å². The highest BCUT2D eigenvalue weighted by molar-refractivity contribution is 5.01. The summed E-state index contributed by atoms with van der Waals surface area (Å²) in [6.45, 7) is 10.3. The Morgan fingerprint density at radius 3 is 2.12 bits per heavy atom. The highest BCUT2D eigenvalue weighted by Gasteiger charge is 2.44. The molecule has 1 atom stereocenters. The van der Waals surface area contributed by atoms with E-state index >= 15 is 0 Å². The Kier molecular flexibility index (Phi) is 3.85. The third-order valence-electron chi connectivity index (χ3n) is 3.28. The molecule has 0 spiro atoms. The number of hydrogen-bond donors (Lipinski definition) is 1. The van der Waals surface area contributed by atoms with Crippen LogP contribution in [0.2, 0.25) is 0 Å². The maximum Gasteiger partial charge on any atom is 0.401 e. The average molecular weight is 252 g/mol. The molecule has 0 aliphatic carbocycles. The van der Waals surface area contributed by atoms with E-state index in [0.717, 1.165) is 6.42 Å². The van der Waals surface area contributed by atoms with Gasteiger partial charge in [0.1, 0.15) is 0 Å². The summed E-state index contributed by atoms with van der Waals surface area (Å²) in [5.41, 5.74) is -0.0698. The summed E-state index contributed by atoms with van der Waals surface area (Å²) < 4.78 is 36.5. The van der Waals surface area contributed by atoms with E-state index in [4.69, 9.17) is 0 Å². The van der Waals surface area contributed by atoms with Gasteiger partial charge in [0.2, 0.25) is 0 Å². The second-order valence-electron chi connectivity index (χ2n) is 6.49. The van der Waals surface area contributed by atoms with Crippen LogP contribution in [0.15, 0.2) is 0 Å². The molecular weight excluding hydrogens is 229 g/mol. The number of hydrogen-bond acceptors (Lipinski definition) is 2. The van der Waals surface area contributed by atoms with Gasteiger partial charge in [-0.3, -0.25) is 4.90 Å². The van der Waals surface area contributed by atoms with Gasteiger partial charge < -0.3 is 5.32 Å².